The first kappa shape index (κ1) is 41.7. The predicted octanol–water partition coefficient (Wildman–Crippen LogP) is 8.81. The molecule has 4 N–H and O–H groups in total. The van der Waals surface area contributed by atoms with Gasteiger partial charge in [-0.05, 0) is 64.8 Å². The first-order valence-corrected chi connectivity index (χ1v) is 16.1. The van der Waals surface area contributed by atoms with Gasteiger partial charge < -0.3 is 25.0 Å². The Kier molecular flexibility index (Phi) is 12.7. The lowest BCUT2D eigenvalue weighted by Gasteiger charge is -2.38. The maximum Gasteiger partial charge on any atom is 0.424 e. The number of rotatable bonds is 12. The number of nitrogens with one attached hydrogen (secondary N) is 2. The van der Waals surface area contributed by atoms with E-state index >= 15 is 0 Å². The quantitative estimate of drug-likeness (QED) is 0.0842. The van der Waals surface area contributed by atoms with Crippen LogP contribution in [-0.2, 0) is 15.6 Å². The Morgan fingerprint density at radius 1 is 0.804 bits per heavy atom. The molecule has 0 aliphatic heterocycles. The second kappa shape index (κ2) is 15.5. The van der Waals surface area contributed by atoms with Crippen molar-refractivity contribution in [2.24, 2.45) is 0 Å². The van der Waals surface area contributed by atoms with E-state index < -0.39 is 60.1 Å². The Labute approximate surface area is 301 Å². The molecule has 0 fully saturated rings. The molecule has 3 aromatic carbocycles. The van der Waals surface area contributed by atoms with Crippen LogP contribution in [0.4, 0.5) is 32.0 Å². The topological polar surface area (TPSA) is 117 Å². The number of hydrogen-bond acceptors (Lipinski definition) is 7. The average molecular weight is 767 g/mol. The number of benzene rings is 3. The van der Waals surface area contributed by atoms with E-state index in [1.165, 1.54) is 46.4 Å². The lowest BCUT2D eigenvalue weighted by atomic mass is 9.74. The summed E-state index contributed by atoms with van der Waals surface area (Å²) < 4.78 is 90.5. The Morgan fingerprint density at radius 3 is 1.75 bits per heavy atom. The fourth-order valence-corrected chi connectivity index (χ4v) is 6.63. The number of hydrogen-bond donors (Lipinski definition) is 4. The first-order chi connectivity index (χ1) is 23.4. The molecule has 4 aromatic rings. The summed E-state index contributed by atoms with van der Waals surface area (Å²) in [4.78, 5) is 10.7. The molecule has 8 nitrogen and oxygen atoms in total. The van der Waals surface area contributed by atoms with Crippen LogP contribution < -0.4 is 14.8 Å². The van der Waals surface area contributed by atoms with Crippen LogP contribution in [-0.4, -0.2) is 71.0 Å². The van der Waals surface area contributed by atoms with Crippen LogP contribution in [0.15, 0.2) is 60.8 Å². The number of methoxy groups -OCH3 is 2. The van der Waals surface area contributed by atoms with Crippen molar-refractivity contribution in [2.45, 2.75) is 74.9 Å². The standard InChI is InChI=1S/C21H23ClF3N3O2.C14H16ClF3O3/c1-19(2,15-8-7-13(30-3)9-16(15)22)11-20(29,21(23,24)25)12-26-17-5-4-6-18-14(17)10-27-28-18;1-12(2,7-13(20,8-19)14(16,17)18)10-5-4-9(21-3)6-11(10)15/h4-10,26,29H,11-12H2,1-3H3,(H,27,28);4-6,8,20H,7H2,1-3H3. The number of carbonyl (C=O) groups excluding carboxylic acids is 1. The maximum atomic E-state index is 14.0. The Hall–Kier alpha value is -3.72. The van der Waals surface area contributed by atoms with Gasteiger partial charge >= 0.3 is 12.4 Å². The van der Waals surface area contributed by atoms with Crippen LogP contribution in [0.25, 0.3) is 10.9 Å². The van der Waals surface area contributed by atoms with Crippen molar-refractivity contribution in [1.29, 1.82) is 0 Å². The van der Waals surface area contributed by atoms with E-state index in [0.717, 1.165) is 0 Å². The van der Waals surface area contributed by atoms with E-state index in [0.29, 0.717) is 39.2 Å². The number of nitrogens with zero attached hydrogens (tertiary/aromatic N) is 1. The summed E-state index contributed by atoms with van der Waals surface area (Å²) in [5, 5.41) is 30.9. The third kappa shape index (κ3) is 9.59. The number of alkyl halides is 6. The van der Waals surface area contributed by atoms with Crippen molar-refractivity contribution in [1.82, 2.24) is 10.2 Å². The number of carbonyl (C=O) groups is 1. The van der Waals surface area contributed by atoms with Crippen LogP contribution in [0.3, 0.4) is 0 Å². The second-order valence-electron chi connectivity index (χ2n) is 13.4. The fourth-order valence-electron chi connectivity index (χ4n) is 5.77. The number of halogens is 8. The van der Waals surface area contributed by atoms with Gasteiger partial charge in [-0.1, -0.05) is 69.1 Å². The molecule has 0 radical (unpaired) electrons. The molecular weight excluding hydrogens is 727 g/mol. The number of aromatic amines is 1. The molecule has 0 bridgehead atoms. The van der Waals surface area contributed by atoms with Gasteiger partial charge in [0.1, 0.15) is 11.5 Å². The third-order valence-corrected chi connectivity index (χ3v) is 9.15. The molecule has 0 aliphatic carbocycles. The van der Waals surface area contributed by atoms with E-state index in [-0.39, 0.29) is 10.0 Å². The Balaban J connectivity index is 0.000000295. The van der Waals surface area contributed by atoms with E-state index in [4.69, 9.17) is 32.7 Å². The third-order valence-electron chi connectivity index (χ3n) is 8.53. The fraction of sp³-hybridized carbons (Fsp3) is 0.429. The Bertz CT molecular complexity index is 1810. The molecule has 0 spiro atoms. The molecule has 0 saturated carbocycles. The summed E-state index contributed by atoms with van der Waals surface area (Å²) in [6.07, 6.45) is -10.3. The molecule has 4 rings (SSSR count). The lowest BCUT2D eigenvalue weighted by molar-refractivity contribution is -0.260. The van der Waals surface area contributed by atoms with Crippen molar-refractivity contribution < 1.29 is 50.8 Å². The van der Waals surface area contributed by atoms with Crippen molar-refractivity contribution in [3.8, 4) is 11.5 Å². The highest BCUT2D eigenvalue weighted by Crippen LogP contribution is 2.45. The molecule has 2 atom stereocenters. The van der Waals surface area contributed by atoms with Crippen molar-refractivity contribution >= 4 is 46.1 Å². The monoisotopic (exact) mass is 765 g/mol. The molecule has 0 amide bonds. The normalized spacial score (nSPS) is 14.9. The summed E-state index contributed by atoms with van der Waals surface area (Å²) in [5.41, 5.74) is -6.65. The number of aromatic nitrogens is 2. The highest BCUT2D eigenvalue weighted by molar-refractivity contribution is 6.32. The number of ether oxygens (including phenoxy) is 2. The van der Waals surface area contributed by atoms with Gasteiger partial charge in [0.2, 0.25) is 5.60 Å². The SMILES string of the molecule is COc1ccc(C(C)(C)CC(O)(C=O)C(F)(F)F)c(Cl)c1.COc1ccc(C(C)(C)CC(O)(CNc2cccc3[nH]ncc23)C(F)(F)F)c(Cl)c1. The zero-order valence-electron chi connectivity index (χ0n) is 28.6. The number of aliphatic hydroxyl groups is 2. The molecular formula is C35H39Cl2F6N3O5. The predicted molar refractivity (Wildman–Crippen MR) is 184 cm³/mol. The summed E-state index contributed by atoms with van der Waals surface area (Å²) in [7, 11) is 2.91. The van der Waals surface area contributed by atoms with Gasteiger partial charge in [-0.2, -0.15) is 31.4 Å². The zero-order valence-corrected chi connectivity index (χ0v) is 30.1. The molecule has 1 aromatic heterocycles. The lowest BCUT2D eigenvalue weighted by Crippen LogP contribution is -2.53. The maximum absolute atomic E-state index is 14.0. The van der Waals surface area contributed by atoms with Crippen molar-refractivity contribution in [2.75, 3.05) is 26.1 Å². The van der Waals surface area contributed by atoms with Crippen LogP contribution in [0.1, 0.15) is 51.7 Å². The first-order valence-electron chi connectivity index (χ1n) is 15.3. The van der Waals surface area contributed by atoms with Crippen LogP contribution in [0.2, 0.25) is 10.0 Å². The Morgan fingerprint density at radius 2 is 1.31 bits per heavy atom. The van der Waals surface area contributed by atoms with Crippen molar-refractivity contribution in [3.63, 3.8) is 0 Å². The number of fused-ring (bicyclic) bond motifs is 1. The van der Waals surface area contributed by atoms with Crippen LogP contribution in [0, 0.1) is 0 Å². The zero-order chi connectivity index (χ0) is 38.6. The largest absolute Gasteiger partial charge is 0.497 e. The molecule has 2 unspecified atom stereocenters. The molecule has 0 aliphatic rings. The minimum atomic E-state index is -5.05. The summed E-state index contributed by atoms with van der Waals surface area (Å²) in [6.45, 7) is 5.46. The van der Waals surface area contributed by atoms with Crippen LogP contribution in [0.5, 0.6) is 11.5 Å². The molecule has 51 heavy (non-hydrogen) atoms. The second-order valence-corrected chi connectivity index (χ2v) is 14.2. The smallest absolute Gasteiger partial charge is 0.424 e. The van der Waals surface area contributed by atoms with Gasteiger partial charge in [0.05, 0.1) is 32.5 Å². The highest BCUT2D eigenvalue weighted by Gasteiger charge is 2.57. The van der Waals surface area contributed by atoms with Gasteiger partial charge in [0, 0.05) is 27.5 Å². The minimum Gasteiger partial charge on any atom is -0.497 e. The average Bonchev–Trinajstić information content (AvgIpc) is 3.52. The van der Waals surface area contributed by atoms with Crippen molar-refractivity contribution in [3.05, 3.63) is 82.0 Å². The van der Waals surface area contributed by atoms with Gasteiger partial charge in [-0.3, -0.25) is 9.89 Å². The van der Waals surface area contributed by atoms with E-state index in [9.17, 15) is 41.4 Å². The molecule has 16 heteroatoms. The molecule has 1 heterocycles. The summed E-state index contributed by atoms with van der Waals surface area (Å²) in [5.74, 6) is 0.960. The van der Waals surface area contributed by atoms with Crippen LogP contribution >= 0.6 is 23.2 Å². The number of H-pyrrole nitrogens is 1. The van der Waals surface area contributed by atoms with Gasteiger partial charge in [0.15, 0.2) is 11.9 Å². The minimum absolute atomic E-state index is 0.203. The van der Waals surface area contributed by atoms with Gasteiger partial charge in [-0.15, -0.1) is 0 Å². The molecule has 0 saturated heterocycles. The van der Waals surface area contributed by atoms with E-state index in [1.807, 2.05) is 0 Å². The molecule has 280 valence electrons. The summed E-state index contributed by atoms with van der Waals surface area (Å²) >= 11 is 12.3. The summed E-state index contributed by atoms with van der Waals surface area (Å²) in [6, 6.07) is 14.4. The number of aldehydes is 1. The van der Waals surface area contributed by atoms with E-state index in [2.05, 4.69) is 15.5 Å². The number of anilines is 1. The van der Waals surface area contributed by atoms with Gasteiger partial charge in [-0.25, -0.2) is 0 Å². The highest BCUT2D eigenvalue weighted by atomic mass is 35.5. The van der Waals surface area contributed by atoms with Gasteiger partial charge in [0.25, 0.3) is 0 Å². The van der Waals surface area contributed by atoms with E-state index in [1.54, 1.807) is 56.3 Å².